The lowest BCUT2D eigenvalue weighted by molar-refractivity contribution is -0.384. The fourth-order valence-electron chi connectivity index (χ4n) is 2.82. The molecule has 2 N–H and O–H groups in total. The molecule has 0 heterocycles. The van der Waals surface area contributed by atoms with E-state index in [9.17, 15) is 14.9 Å². The van der Waals surface area contributed by atoms with Crippen molar-refractivity contribution in [2.75, 3.05) is 4.90 Å². The number of rotatable bonds is 7. The first kappa shape index (κ1) is 18.1. The van der Waals surface area contributed by atoms with Crippen LogP contribution in [0.3, 0.4) is 0 Å². The summed E-state index contributed by atoms with van der Waals surface area (Å²) in [7, 11) is 0. The number of carbonyl (C=O) groups excluding carboxylic acids is 1. The Morgan fingerprint density at radius 1 is 0.852 bits per heavy atom. The second-order valence-corrected chi connectivity index (χ2v) is 6.18. The number of carbonyl (C=O) groups is 1. The Morgan fingerprint density at radius 2 is 1.37 bits per heavy atom. The van der Waals surface area contributed by atoms with E-state index in [2.05, 4.69) is 4.90 Å². The summed E-state index contributed by atoms with van der Waals surface area (Å²) in [6.45, 7) is 1.22. The highest BCUT2D eigenvalue weighted by atomic mass is 16.6. The van der Waals surface area contributed by atoms with Crippen molar-refractivity contribution in [2.45, 2.75) is 13.1 Å². The van der Waals surface area contributed by atoms with Gasteiger partial charge in [-0.15, -0.1) is 0 Å². The molecule has 0 saturated carbocycles. The van der Waals surface area contributed by atoms with Gasteiger partial charge >= 0.3 is 0 Å². The van der Waals surface area contributed by atoms with Gasteiger partial charge in [0.05, 0.1) is 4.92 Å². The summed E-state index contributed by atoms with van der Waals surface area (Å²) in [4.78, 5) is 23.8. The molecule has 136 valence electrons. The molecular weight excluding hydrogens is 342 g/mol. The molecule has 6 nitrogen and oxygen atoms in total. The van der Waals surface area contributed by atoms with Crippen molar-refractivity contribution in [3.63, 3.8) is 0 Å². The number of primary amides is 1. The van der Waals surface area contributed by atoms with Crippen molar-refractivity contribution in [2.24, 2.45) is 5.73 Å². The van der Waals surface area contributed by atoms with Gasteiger partial charge in [0.2, 0.25) is 5.91 Å². The van der Waals surface area contributed by atoms with Crippen LogP contribution < -0.4 is 10.6 Å². The number of benzene rings is 3. The van der Waals surface area contributed by atoms with Crippen LogP contribution in [0.25, 0.3) is 0 Å². The fraction of sp³-hybridized carbons (Fsp3) is 0.0952. The lowest BCUT2D eigenvalue weighted by atomic mass is 10.1. The predicted molar refractivity (Wildman–Crippen MR) is 104 cm³/mol. The lowest BCUT2D eigenvalue weighted by Gasteiger charge is -2.25. The van der Waals surface area contributed by atoms with E-state index in [-0.39, 0.29) is 5.69 Å². The number of anilines is 1. The Morgan fingerprint density at radius 3 is 1.85 bits per heavy atom. The number of non-ortho nitro benzene ring substituents is 1. The fourth-order valence-corrected chi connectivity index (χ4v) is 2.82. The molecular formula is C21H19N3O3. The number of hydrogen-bond acceptors (Lipinski definition) is 4. The van der Waals surface area contributed by atoms with Crippen LogP contribution >= 0.6 is 0 Å². The molecule has 0 radical (unpaired) electrons. The molecule has 0 fully saturated rings. The Labute approximate surface area is 157 Å². The average Bonchev–Trinajstić information content (AvgIpc) is 2.69. The Bertz CT molecular complexity index is 864. The smallest absolute Gasteiger partial charge is 0.269 e. The van der Waals surface area contributed by atoms with E-state index < -0.39 is 10.8 Å². The molecule has 27 heavy (non-hydrogen) atoms. The summed E-state index contributed by atoms with van der Waals surface area (Å²) in [5.74, 6) is -0.452. The van der Waals surface area contributed by atoms with Crippen LogP contribution in [0, 0.1) is 10.1 Å². The maximum atomic E-state index is 11.2. The van der Waals surface area contributed by atoms with E-state index >= 15 is 0 Å². The van der Waals surface area contributed by atoms with Gasteiger partial charge in [-0.2, -0.15) is 0 Å². The predicted octanol–water partition coefficient (Wildman–Crippen LogP) is 3.90. The Kier molecular flexibility index (Phi) is 5.47. The van der Waals surface area contributed by atoms with Crippen molar-refractivity contribution in [1.82, 2.24) is 0 Å². The van der Waals surface area contributed by atoms with Gasteiger partial charge in [-0.25, -0.2) is 0 Å². The van der Waals surface area contributed by atoms with Crippen LogP contribution in [0.2, 0.25) is 0 Å². The minimum absolute atomic E-state index is 0.0760. The van der Waals surface area contributed by atoms with E-state index in [4.69, 9.17) is 5.73 Å². The highest BCUT2D eigenvalue weighted by Crippen LogP contribution is 2.21. The second-order valence-electron chi connectivity index (χ2n) is 6.18. The van der Waals surface area contributed by atoms with Gasteiger partial charge in [0.15, 0.2) is 0 Å². The molecule has 0 aromatic heterocycles. The zero-order chi connectivity index (χ0) is 19.2. The van der Waals surface area contributed by atoms with Gasteiger partial charge in [-0.1, -0.05) is 42.5 Å². The van der Waals surface area contributed by atoms with Crippen molar-refractivity contribution in [1.29, 1.82) is 0 Å². The molecule has 3 rings (SSSR count). The van der Waals surface area contributed by atoms with Crippen molar-refractivity contribution >= 4 is 17.3 Å². The molecule has 0 aliphatic heterocycles. The van der Waals surface area contributed by atoms with Gasteiger partial charge in [-0.05, 0) is 35.4 Å². The first-order valence-electron chi connectivity index (χ1n) is 8.45. The van der Waals surface area contributed by atoms with Crippen molar-refractivity contribution < 1.29 is 9.72 Å². The summed E-state index contributed by atoms with van der Waals surface area (Å²) >= 11 is 0. The third-order valence-corrected chi connectivity index (χ3v) is 4.25. The summed E-state index contributed by atoms with van der Waals surface area (Å²) in [5.41, 5.74) is 8.88. The first-order chi connectivity index (χ1) is 13.0. The number of nitro benzene ring substituents is 1. The number of nitro groups is 1. The van der Waals surface area contributed by atoms with Gasteiger partial charge in [0.25, 0.3) is 5.69 Å². The van der Waals surface area contributed by atoms with Crippen LogP contribution in [0.5, 0.6) is 0 Å². The average molecular weight is 361 g/mol. The Hall–Kier alpha value is -3.67. The van der Waals surface area contributed by atoms with Crippen molar-refractivity contribution in [3.05, 3.63) is 106 Å². The summed E-state index contributed by atoms with van der Waals surface area (Å²) < 4.78 is 0. The number of nitrogens with zero attached hydrogens (tertiary/aromatic N) is 2. The van der Waals surface area contributed by atoms with Gasteiger partial charge in [0, 0.05) is 36.5 Å². The monoisotopic (exact) mass is 361 g/mol. The number of hydrogen-bond donors (Lipinski definition) is 1. The van der Waals surface area contributed by atoms with Crippen LogP contribution in [0.15, 0.2) is 78.9 Å². The molecule has 0 aliphatic carbocycles. The molecule has 0 bridgehead atoms. The first-order valence-corrected chi connectivity index (χ1v) is 8.45. The van der Waals surface area contributed by atoms with Crippen molar-refractivity contribution in [3.8, 4) is 0 Å². The van der Waals surface area contributed by atoms with E-state index in [1.165, 1.54) is 12.1 Å². The summed E-state index contributed by atoms with van der Waals surface area (Å²) in [6, 6.07) is 23.7. The minimum Gasteiger partial charge on any atom is -0.366 e. The topological polar surface area (TPSA) is 89.5 Å². The van der Waals surface area contributed by atoms with Gasteiger partial charge in [-0.3, -0.25) is 14.9 Å². The normalized spacial score (nSPS) is 10.4. The second kappa shape index (κ2) is 8.14. The molecule has 3 aromatic rings. The third kappa shape index (κ3) is 4.70. The molecule has 6 heteroatoms. The van der Waals surface area contributed by atoms with Crippen LogP contribution in [0.1, 0.15) is 21.5 Å². The quantitative estimate of drug-likeness (QED) is 0.510. The highest BCUT2D eigenvalue weighted by Gasteiger charge is 2.11. The third-order valence-electron chi connectivity index (χ3n) is 4.25. The van der Waals surface area contributed by atoms with Crippen LogP contribution in [-0.2, 0) is 13.1 Å². The van der Waals surface area contributed by atoms with Crippen LogP contribution in [-0.4, -0.2) is 10.8 Å². The lowest BCUT2D eigenvalue weighted by Crippen LogP contribution is -2.22. The van der Waals surface area contributed by atoms with Gasteiger partial charge < -0.3 is 10.6 Å². The molecule has 0 aliphatic rings. The maximum Gasteiger partial charge on any atom is 0.269 e. The number of para-hydroxylation sites is 1. The van der Waals surface area contributed by atoms with E-state index in [1.54, 1.807) is 24.3 Å². The summed E-state index contributed by atoms with van der Waals surface area (Å²) in [6.07, 6.45) is 0. The number of nitrogens with two attached hydrogens (primary N) is 1. The zero-order valence-corrected chi connectivity index (χ0v) is 14.6. The molecule has 1 amide bonds. The van der Waals surface area contributed by atoms with E-state index in [1.807, 2.05) is 42.5 Å². The molecule has 3 aromatic carbocycles. The number of amides is 1. The molecule has 0 atom stereocenters. The van der Waals surface area contributed by atoms with Crippen LogP contribution in [0.4, 0.5) is 11.4 Å². The maximum absolute atomic E-state index is 11.2. The van der Waals surface area contributed by atoms with E-state index in [0.717, 1.165) is 16.8 Å². The zero-order valence-electron chi connectivity index (χ0n) is 14.6. The minimum atomic E-state index is -0.452. The Balaban J connectivity index is 1.83. The largest absolute Gasteiger partial charge is 0.366 e. The van der Waals surface area contributed by atoms with Gasteiger partial charge in [0.1, 0.15) is 0 Å². The highest BCUT2D eigenvalue weighted by molar-refractivity contribution is 5.92. The molecule has 0 spiro atoms. The van der Waals surface area contributed by atoms with E-state index in [0.29, 0.717) is 18.7 Å². The molecule has 0 unspecified atom stereocenters. The molecule has 0 saturated heterocycles. The SMILES string of the molecule is NC(=O)c1ccc(CN(Cc2ccc([N+](=O)[O-])cc2)c2ccccc2)cc1. The standard InChI is InChI=1S/C21H19N3O3/c22-21(25)18-10-6-16(7-11-18)14-23(19-4-2-1-3-5-19)15-17-8-12-20(13-9-17)24(26)27/h1-13H,14-15H2,(H2,22,25). The summed E-state index contributed by atoms with van der Waals surface area (Å²) in [5, 5.41) is 10.8.